The molecule has 0 aromatic carbocycles. The van der Waals surface area contributed by atoms with Crippen molar-refractivity contribution in [2.75, 3.05) is 11.9 Å². The van der Waals surface area contributed by atoms with Gasteiger partial charge in [0.1, 0.15) is 17.0 Å². The van der Waals surface area contributed by atoms with Crippen LogP contribution in [0.25, 0.3) is 10.2 Å². The van der Waals surface area contributed by atoms with Gasteiger partial charge in [-0.15, -0.1) is 22.9 Å². The molecule has 0 saturated heterocycles. The third kappa shape index (κ3) is 2.63. The van der Waals surface area contributed by atoms with Gasteiger partial charge in [0.2, 0.25) is 0 Å². The van der Waals surface area contributed by atoms with E-state index in [1.807, 2.05) is 0 Å². The fourth-order valence-electron chi connectivity index (χ4n) is 2.94. The lowest BCUT2D eigenvalue weighted by Crippen LogP contribution is -2.27. The molecule has 1 fully saturated rings. The average Bonchev–Trinajstić information content (AvgIpc) is 2.74. The maximum atomic E-state index is 6.43. The molecule has 0 spiro atoms. The monoisotopic (exact) mass is 309 g/mol. The zero-order valence-corrected chi connectivity index (χ0v) is 13.5. The van der Waals surface area contributed by atoms with E-state index in [0.717, 1.165) is 23.6 Å². The summed E-state index contributed by atoms with van der Waals surface area (Å²) in [5.41, 5.74) is 1.29. The highest BCUT2D eigenvalue weighted by Gasteiger charge is 2.23. The minimum absolute atomic E-state index is 0.305. The second-order valence-electron chi connectivity index (χ2n) is 5.63. The molecule has 108 valence electrons. The van der Waals surface area contributed by atoms with Crippen LogP contribution in [0.3, 0.4) is 0 Å². The quantitative estimate of drug-likeness (QED) is 0.847. The molecule has 2 unspecified atom stereocenters. The van der Waals surface area contributed by atoms with Gasteiger partial charge in [-0.1, -0.05) is 12.8 Å². The molecule has 1 N–H and O–H groups in total. The molecule has 2 aromatic heterocycles. The van der Waals surface area contributed by atoms with Crippen molar-refractivity contribution in [3.63, 3.8) is 0 Å². The van der Waals surface area contributed by atoms with Crippen LogP contribution in [0.4, 0.5) is 5.82 Å². The van der Waals surface area contributed by atoms with Crippen molar-refractivity contribution < 1.29 is 0 Å². The van der Waals surface area contributed by atoms with Crippen LogP contribution in [0.5, 0.6) is 0 Å². The smallest absolute Gasteiger partial charge is 0.138 e. The Kier molecular flexibility index (Phi) is 4.13. The number of nitrogens with one attached hydrogen (secondary N) is 1. The summed E-state index contributed by atoms with van der Waals surface area (Å²) < 4.78 is 0. The zero-order valence-electron chi connectivity index (χ0n) is 11.9. The summed E-state index contributed by atoms with van der Waals surface area (Å²) in [5, 5.41) is 5.00. The Morgan fingerprint density at radius 3 is 2.90 bits per heavy atom. The topological polar surface area (TPSA) is 37.8 Å². The molecule has 0 bridgehead atoms. The first-order valence-corrected chi connectivity index (χ1v) is 8.50. The summed E-state index contributed by atoms with van der Waals surface area (Å²) in [6.07, 6.45) is 6.58. The van der Waals surface area contributed by atoms with Crippen LogP contribution < -0.4 is 5.32 Å². The zero-order chi connectivity index (χ0) is 14.1. The van der Waals surface area contributed by atoms with Gasteiger partial charge < -0.3 is 5.32 Å². The fraction of sp³-hybridized carbons (Fsp3) is 0.600. The molecule has 0 amide bonds. The third-order valence-corrected chi connectivity index (χ3v) is 6.00. The van der Waals surface area contributed by atoms with Gasteiger partial charge in [-0.25, -0.2) is 9.97 Å². The van der Waals surface area contributed by atoms with Gasteiger partial charge in [-0.3, -0.25) is 0 Å². The van der Waals surface area contributed by atoms with Gasteiger partial charge in [-0.05, 0) is 38.2 Å². The normalized spacial score (nSPS) is 23.1. The SMILES string of the molecule is Cc1sc2ncnc(NCC3CCCCC3Cl)c2c1C. The Balaban J connectivity index is 1.80. The number of rotatable bonds is 3. The highest BCUT2D eigenvalue weighted by molar-refractivity contribution is 7.18. The van der Waals surface area contributed by atoms with Gasteiger partial charge in [0, 0.05) is 16.8 Å². The van der Waals surface area contributed by atoms with Crippen molar-refractivity contribution >= 4 is 39.0 Å². The van der Waals surface area contributed by atoms with E-state index < -0.39 is 0 Å². The van der Waals surface area contributed by atoms with Crippen LogP contribution >= 0.6 is 22.9 Å². The van der Waals surface area contributed by atoms with Crippen molar-refractivity contribution in [1.82, 2.24) is 9.97 Å². The average molecular weight is 310 g/mol. The lowest BCUT2D eigenvalue weighted by molar-refractivity contribution is 0.380. The Morgan fingerprint density at radius 2 is 2.10 bits per heavy atom. The number of aromatic nitrogens is 2. The highest BCUT2D eigenvalue weighted by Crippen LogP contribution is 2.33. The maximum absolute atomic E-state index is 6.43. The lowest BCUT2D eigenvalue weighted by Gasteiger charge is -2.27. The lowest BCUT2D eigenvalue weighted by atomic mass is 9.89. The van der Waals surface area contributed by atoms with E-state index in [-0.39, 0.29) is 0 Å². The first-order valence-electron chi connectivity index (χ1n) is 7.25. The minimum atomic E-state index is 0.305. The summed E-state index contributed by atoms with van der Waals surface area (Å²) in [6.45, 7) is 5.20. The Bertz CT molecular complexity index is 610. The van der Waals surface area contributed by atoms with Crippen LogP contribution in [-0.2, 0) is 0 Å². The predicted octanol–water partition coefficient (Wildman–Crippen LogP) is 4.52. The van der Waals surface area contributed by atoms with Crippen LogP contribution in [0.15, 0.2) is 6.33 Å². The molecule has 5 heteroatoms. The van der Waals surface area contributed by atoms with Gasteiger partial charge in [0.25, 0.3) is 0 Å². The number of fused-ring (bicyclic) bond motifs is 1. The Hall–Kier alpha value is -0.870. The summed E-state index contributed by atoms with van der Waals surface area (Å²) in [6, 6.07) is 0. The number of hydrogen-bond donors (Lipinski definition) is 1. The van der Waals surface area contributed by atoms with Crippen LogP contribution in [0, 0.1) is 19.8 Å². The molecule has 2 aromatic rings. The van der Waals surface area contributed by atoms with E-state index in [4.69, 9.17) is 11.6 Å². The highest BCUT2D eigenvalue weighted by atomic mass is 35.5. The minimum Gasteiger partial charge on any atom is -0.369 e. The molecule has 0 radical (unpaired) electrons. The van der Waals surface area contributed by atoms with E-state index in [9.17, 15) is 0 Å². The van der Waals surface area contributed by atoms with Crippen LogP contribution in [0.1, 0.15) is 36.1 Å². The summed E-state index contributed by atoms with van der Waals surface area (Å²) in [4.78, 5) is 11.2. The number of hydrogen-bond acceptors (Lipinski definition) is 4. The van der Waals surface area contributed by atoms with E-state index in [0.29, 0.717) is 11.3 Å². The number of halogens is 1. The van der Waals surface area contributed by atoms with Gasteiger partial charge in [0.15, 0.2) is 0 Å². The molecule has 1 saturated carbocycles. The molecule has 20 heavy (non-hydrogen) atoms. The molecular formula is C15H20ClN3S. The largest absolute Gasteiger partial charge is 0.369 e. The first kappa shape index (κ1) is 14.1. The van der Waals surface area contributed by atoms with E-state index in [1.54, 1.807) is 17.7 Å². The molecule has 2 atom stereocenters. The number of aryl methyl sites for hydroxylation is 2. The van der Waals surface area contributed by atoms with Crippen LogP contribution in [0.2, 0.25) is 0 Å². The standard InChI is InChI=1S/C15H20ClN3S/c1-9-10(2)20-15-13(9)14(18-8-19-15)17-7-11-5-3-4-6-12(11)16/h8,11-12H,3-7H2,1-2H3,(H,17,18,19). The fourth-order valence-corrected chi connectivity index (χ4v) is 4.30. The second kappa shape index (κ2) is 5.86. The summed E-state index contributed by atoms with van der Waals surface area (Å²) in [7, 11) is 0. The molecule has 1 aliphatic rings. The number of nitrogens with zero attached hydrogens (tertiary/aromatic N) is 2. The molecule has 0 aliphatic heterocycles. The van der Waals surface area contributed by atoms with Crippen LogP contribution in [-0.4, -0.2) is 21.9 Å². The van der Waals surface area contributed by atoms with Gasteiger partial charge in [0.05, 0.1) is 5.39 Å². The predicted molar refractivity (Wildman–Crippen MR) is 87.0 cm³/mol. The van der Waals surface area contributed by atoms with E-state index in [2.05, 4.69) is 29.1 Å². The molecule has 3 rings (SSSR count). The van der Waals surface area contributed by atoms with Crippen molar-refractivity contribution in [1.29, 1.82) is 0 Å². The number of alkyl halides is 1. The molecular weight excluding hydrogens is 290 g/mol. The molecule has 1 aliphatic carbocycles. The van der Waals surface area contributed by atoms with Gasteiger partial charge in [-0.2, -0.15) is 0 Å². The number of thiophene rings is 1. The van der Waals surface area contributed by atoms with Crippen molar-refractivity contribution in [2.24, 2.45) is 5.92 Å². The first-order chi connectivity index (χ1) is 9.66. The summed E-state index contributed by atoms with van der Waals surface area (Å²) >= 11 is 8.17. The van der Waals surface area contributed by atoms with Crippen molar-refractivity contribution in [2.45, 2.75) is 44.9 Å². The Labute approximate surface area is 128 Å². The van der Waals surface area contributed by atoms with E-state index in [1.165, 1.54) is 35.1 Å². The second-order valence-corrected chi connectivity index (χ2v) is 7.39. The number of anilines is 1. The molecule has 2 heterocycles. The van der Waals surface area contributed by atoms with Crippen molar-refractivity contribution in [3.05, 3.63) is 16.8 Å². The van der Waals surface area contributed by atoms with E-state index >= 15 is 0 Å². The van der Waals surface area contributed by atoms with Gasteiger partial charge >= 0.3 is 0 Å². The third-order valence-electron chi connectivity index (χ3n) is 4.31. The molecule has 3 nitrogen and oxygen atoms in total. The van der Waals surface area contributed by atoms with Crippen molar-refractivity contribution in [3.8, 4) is 0 Å². The summed E-state index contributed by atoms with van der Waals surface area (Å²) in [5.74, 6) is 1.52. The Morgan fingerprint density at radius 1 is 1.30 bits per heavy atom. The maximum Gasteiger partial charge on any atom is 0.138 e.